The Morgan fingerprint density at radius 2 is 2.00 bits per heavy atom. The molecule has 1 aromatic rings. The third kappa shape index (κ3) is 5.79. The van der Waals surface area contributed by atoms with Crippen molar-refractivity contribution in [3.05, 3.63) is 35.4 Å². The molecule has 1 unspecified atom stereocenters. The van der Waals surface area contributed by atoms with Gasteiger partial charge in [-0.05, 0) is 56.2 Å². The smallest absolute Gasteiger partial charge is 0.150 e. The highest BCUT2D eigenvalue weighted by atomic mass is 32.2. The van der Waals surface area contributed by atoms with Crippen molar-refractivity contribution in [1.82, 2.24) is 5.32 Å². The number of benzene rings is 1. The van der Waals surface area contributed by atoms with E-state index < -0.39 is 9.84 Å². The van der Waals surface area contributed by atoms with Crippen molar-refractivity contribution < 1.29 is 8.42 Å². The number of rotatable bonds is 9. The van der Waals surface area contributed by atoms with E-state index in [0.717, 1.165) is 19.4 Å². The van der Waals surface area contributed by atoms with Crippen LogP contribution in [0.15, 0.2) is 24.3 Å². The molecule has 0 saturated heterocycles. The topological polar surface area (TPSA) is 46.2 Å². The van der Waals surface area contributed by atoms with Gasteiger partial charge in [0, 0.05) is 11.8 Å². The molecule has 1 fully saturated rings. The van der Waals surface area contributed by atoms with Crippen molar-refractivity contribution in [3.8, 4) is 0 Å². The molecular formula is C17H27NO2S. The first-order valence-corrected chi connectivity index (χ1v) is 9.80. The van der Waals surface area contributed by atoms with E-state index in [0.29, 0.717) is 17.7 Å². The van der Waals surface area contributed by atoms with E-state index in [4.69, 9.17) is 0 Å². The standard InChI is InChI=1S/C17H27NO2S/c1-3-21(19,20)11-10-15(13-18-17-8-9-17)12-16-7-5-4-6-14(16)2/h4-7,15,17-18H,3,8-13H2,1-2H3. The van der Waals surface area contributed by atoms with Gasteiger partial charge in [-0.25, -0.2) is 8.42 Å². The van der Waals surface area contributed by atoms with Gasteiger partial charge in [-0.1, -0.05) is 31.2 Å². The van der Waals surface area contributed by atoms with Crippen LogP contribution < -0.4 is 5.32 Å². The summed E-state index contributed by atoms with van der Waals surface area (Å²) >= 11 is 0. The molecule has 1 aliphatic carbocycles. The molecule has 0 radical (unpaired) electrons. The molecule has 3 nitrogen and oxygen atoms in total. The lowest BCUT2D eigenvalue weighted by Crippen LogP contribution is -2.28. The molecule has 0 heterocycles. The predicted octanol–water partition coefficient (Wildman–Crippen LogP) is 2.73. The quantitative estimate of drug-likeness (QED) is 0.763. The van der Waals surface area contributed by atoms with Crippen LogP contribution in [-0.2, 0) is 16.3 Å². The van der Waals surface area contributed by atoms with Gasteiger partial charge < -0.3 is 5.32 Å². The molecule has 4 heteroatoms. The molecule has 0 amide bonds. The third-order valence-electron chi connectivity index (χ3n) is 4.32. The zero-order valence-electron chi connectivity index (χ0n) is 13.1. The summed E-state index contributed by atoms with van der Waals surface area (Å²) in [5.41, 5.74) is 2.64. The largest absolute Gasteiger partial charge is 0.314 e. The lowest BCUT2D eigenvalue weighted by molar-refractivity contribution is 0.456. The van der Waals surface area contributed by atoms with Crippen molar-refractivity contribution in [2.45, 2.75) is 45.6 Å². The van der Waals surface area contributed by atoms with Crippen molar-refractivity contribution in [2.75, 3.05) is 18.1 Å². The second-order valence-corrected chi connectivity index (χ2v) is 8.68. The van der Waals surface area contributed by atoms with E-state index in [1.165, 1.54) is 24.0 Å². The zero-order chi connectivity index (χ0) is 15.3. The van der Waals surface area contributed by atoms with Gasteiger partial charge in [-0.3, -0.25) is 0 Å². The molecule has 1 saturated carbocycles. The monoisotopic (exact) mass is 309 g/mol. The molecule has 1 N–H and O–H groups in total. The lowest BCUT2D eigenvalue weighted by atomic mass is 9.94. The third-order valence-corrected chi connectivity index (χ3v) is 6.06. The van der Waals surface area contributed by atoms with E-state index in [1.807, 2.05) is 0 Å². The van der Waals surface area contributed by atoms with Gasteiger partial charge in [0.25, 0.3) is 0 Å². The van der Waals surface area contributed by atoms with Gasteiger partial charge in [-0.15, -0.1) is 0 Å². The summed E-state index contributed by atoms with van der Waals surface area (Å²) in [4.78, 5) is 0. The molecule has 0 aromatic heterocycles. The van der Waals surface area contributed by atoms with Gasteiger partial charge in [0.15, 0.2) is 0 Å². The number of hydrogen-bond acceptors (Lipinski definition) is 3. The minimum Gasteiger partial charge on any atom is -0.314 e. The van der Waals surface area contributed by atoms with E-state index in [1.54, 1.807) is 6.92 Å². The number of nitrogens with one attached hydrogen (secondary N) is 1. The van der Waals surface area contributed by atoms with Gasteiger partial charge in [-0.2, -0.15) is 0 Å². The van der Waals surface area contributed by atoms with Crippen LogP contribution in [0.1, 0.15) is 37.3 Å². The van der Waals surface area contributed by atoms with Gasteiger partial charge >= 0.3 is 0 Å². The van der Waals surface area contributed by atoms with E-state index >= 15 is 0 Å². The first-order valence-electron chi connectivity index (χ1n) is 7.98. The van der Waals surface area contributed by atoms with Gasteiger partial charge in [0.1, 0.15) is 9.84 Å². The molecule has 21 heavy (non-hydrogen) atoms. The molecule has 0 spiro atoms. The minimum atomic E-state index is -2.87. The Hall–Kier alpha value is -0.870. The van der Waals surface area contributed by atoms with Crippen molar-refractivity contribution in [1.29, 1.82) is 0 Å². The molecule has 1 aliphatic rings. The van der Waals surface area contributed by atoms with E-state index in [9.17, 15) is 8.42 Å². The fraction of sp³-hybridized carbons (Fsp3) is 0.647. The van der Waals surface area contributed by atoms with Crippen LogP contribution >= 0.6 is 0 Å². The average Bonchev–Trinajstić information content (AvgIpc) is 3.28. The maximum absolute atomic E-state index is 11.8. The highest BCUT2D eigenvalue weighted by molar-refractivity contribution is 7.91. The van der Waals surface area contributed by atoms with Gasteiger partial charge in [0.05, 0.1) is 5.75 Å². The maximum Gasteiger partial charge on any atom is 0.150 e. The van der Waals surface area contributed by atoms with Crippen LogP contribution in [0, 0.1) is 12.8 Å². The Morgan fingerprint density at radius 3 is 2.62 bits per heavy atom. The number of aryl methyl sites for hydroxylation is 1. The van der Waals surface area contributed by atoms with Gasteiger partial charge in [0.2, 0.25) is 0 Å². The van der Waals surface area contributed by atoms with Crippen LogP contribution in [-0.4, -0.2) is 32.5 Å². The molecule has 118 valence electrons. The minimum absolute atomic E-state index is 0.250. The van der Waals surface area contributed by atoms with Crippen molar-refractivity contribution >= 4 is 9.84 Å². The second-order valence-electron chi connectivity index (χ2n) is 6.20. The van der Waals surface area contributed by atoms with Crippen LogP contribution in [0.4, 0.5) is 0 Å². The second kappa shape index (κ2) is 7.41. The molecule has 1 atom stereocenters. The number of hydrogen-bond donors (Lipinski definition) is 1. The average molecular weight is 309 g/mol. The summed E-state index contributed by atoms with van der Waals surface area (Å²) in [7, 11) is -2.87. The normalized spacial score (nSPS) is 16.9. The Morgan fingerprint density at radius 1 is 1.29 bits per heavy atom. The summed E-state index contributed by atoms with van der Waals surface area (Å²) in [6, 6.07) is 9.08. The van der Waals surface area contributed by atoms with Crippen LogP contribution in [0.5, 0.6) is 0 Å². The first kappa shape index (κ1) is 16.5. The lowest BCUT2D eigenvalue weighted by Gasteiger charge is -2.19. The highest BCUT2D eigenvalue weighted by Crippen LogP contribution is 2.21. The number of sulfone groups is 1. The first-order chi connectivity index (χ1) is 10.00. The molecule has 1 aromatic carbocycles. The summed E-state index contributed by atoms with van der Waals surface area (Å²) < 4.78 is 23.5. The van der Waals surface area contributed by atoms with Crippen molar-refractivity contribution in [3.63, 3.8) is 0 Å². The fourth-order valence-corrected chi connectivity index (χ4v) is 3.52. The Balaban J connectivity index is 1.95. The summed E-state index contributed by atoms with van der Waals surface area (Å²) in [5, 5.41) is 3.56. The maximum atomic E-state index is 11.8. The summed E-state index contributed by atoms with van der Waals surface area (Å²) in [6.07, 6.45) is 4.25. The predicted molar refractivity (Wildman–Crippen MR) is 88.3 cm³/mol. The van der Waals surface area contributed by atoms with Crippen LogP contribution in [0.2, 0.25) is 0 Å². The summed E-state index contributed by atoms with van der Waals surface area (Å²) in [5.74, 6) is 0.958. The SMILES string of the molecule is CCS(=O)(=O)CCC(CNC1CC1)Cc1ccccc1C. The van der Waals surface area contributed by atoms with E-state index in [-0.39, 0.29) is 5.75 Å². The zero-order valence-corrected chi connectivity index (χ0v) is 14.0. The molecular weight excluding hydrogens is 282 g/mol. The Bertz CT molecular complexity index is 550. The van der Waals surface area contributed by atoms with E-state index in [2.05, 4.69) is 36.5 Å². The van der Waals surface area contributed by atoms with Crippen molar-refractivity contribution in [2.24, 2.45) is 5.92 Å². The molecule has 0 aliphatic heterocycles. The Kier molecular flexibility index (Phi) is 5.82. The molecule has 0 bridgehead atoms. The van der Waals surface area contributed by atoms with Crippen LogP contribution in [0.25, 0.3) is 0 Å². The highest BCUT2D eigenvalue weighted by Gasteiger charge is 2.23. The molecule has 2 rings (SSSR count). The Labute approximate surface area is 129 Å². The summed E-state index contributed by atoms with van der Waals surface area (Å²) in [6.45, 7) is 4.79. The fourth-order valence-electron chi connectivity index (χ4n) is 2.54. The van der Waals surface area contributed by atoms with Crippen LogP contribution in [0.3, 0.4) is 0 Å².